The molecule has 18 heavy (non-hydrogen) atoms. The van der Waals surface area contributed by atoms with Gasteiger partial charge < -0.3 is 9.84 Å². The first-order chi connectivity index (χ1) is 8.61. The van der Waals surface area contributed by atoms with Crippen LogP contribution in [0.3, 0.4) is 0 Å². The van der Waals surface area contributed by atoms with Crippen LogP contribution in [0.2, 0.25) is 0 Å². The number of hydrogen-bond donors (Lipinski definition) is 1. The lowest BCUT2D eigenvalue weighted by Crippen LogP contribution is -2.00. The molecule has 0 aliphatic rings. The molecule has 0 bridgehead atoms. The van der Waals surface area contributed by atoms with Crippen molar-refractivity contribution in [2.24, 2.45) is 0 Å². The van der Waals surface area contributed by atoms with E-state index in [9.17, 15) is 9.18 Å². The monoisotopic (exact) mass is 247 g/mol. The zero-order valence-corrected chi connectivity index (χ0v) is 9.55. The third-order valence-electron chi connectivity index (χ3n) is 2.42. The highest BCUT2D eigenvalue weighted by Crippen LogP contribution is 2.25. The molecule has 1 aromatic heterocycles. The second-order valence-corrected chi connectivity index (χ2v) is 3.56. The van der Waals surface area contributed by atoms with Gasteiger partial charge in [0.25, 0.3) is 0 Å². The maximum atomic E-state index is 13.3. The molecule has 0 saturated heterocycles. The Morgan fingerprint density at radius 3 is 2.78 bits per heavy atom. The number of pyridine rings is 1. The normalized spacial score (nSPS) is 10.1. The van der Waals surface area contributed by atoms with Gasteiger partial charge in [0.2, 0.25) is 0 Å². The number of halogens is 1. The fourth-order valence-electron chi connectivity index (χ4n) is 1.53. The predicted molar refractivity (Wildman–Crippen MR) is 63.1 cm³/mol. The summed E-state index contributed by atoms with van der Waals surface area (Å²) >= 11 is 0. The van der Waals surface area contributed by atoms with E-state index in [0.717, 1.165) is 0 Å². The molecule has 0 aliphatic heterocycles. The average Bonchev–Trinajstić information content (AvgIpc) is 2.39. The topological polar surface area (TPSA) is 59.4 Å². The third kappa shape index (κ3) is 2.29. The first kappa shape index (κ1) is 12.0. The van der Waals surface area contributed by atoms with Crippen molar-refractivity contribution in [2.75, 3.05) is 7.11 Å². The van der Waals surface area contributed by atoms with E-state index < -0.39 is 11.8 Å². The summed E-state index contributed by atoms with van der Waals surface area (Å²) in [6.45, 7) is 0. The Labute approximate surface area is 103 Å². The van der Waals surface area contributed by atoms with Gasteiger partial charge >= 0.3 is 5.97 Å². The Balaban J connectivity index is 2.48. The molecule has 0 amide bonds. The van der Waals surface area contributed by atoms with Crippen molar-refractivity contribution in [1.29, 1.82) is 0 Å². The number of rotatable bonds is 3. The van der Waals surface area contributed by atoms with Crippen molar-refractivity contribution in [2.45, 2.75) is 0 Å². The molecule has 0 atom stereocenters. The molecule has 0 fully saturated rings. The first-order valence-electron chi connectivity index (χ1n) is 5.16. The van der Waals surface area contributed by atoms with Crippen LogP contribution in [-0.4, -0.2) is 23.2 Å². The standard InChI is InChI=1S/C13H10FNO3/c1-18-12-7-8(5-6-9(12)14)10-3-2-4-11(15-10)13(16)17/h2-7H,1H3,(H,16,17). The van der Waals surface area contributed by atoms with Crippen LogP contribution in [-0.2, 0) is 0 Å². The van der Waals surface area contributed by atoms with E-state index in [1.807, 2.05) is 0 Å². The number of methoxy groups -OCH3 is 1. The molecule has 92 valence electrons. The Hall–Kier alpha value is -2.43. The Morgan fingerprint density at radius 2 is 2.11 bits per heavy atom. The summed E-state index contributed by atoms with van der Waals surface area (Å²) in [5.41, 5.74) is 0.986. The summed E-state index contributed by atoms with van der Waals surface area (Å²) in [6.07, 6.45) is 0. The zero-order chi connectivity index (χ0) is 13.1. The van der Waals surface area contributed by atoms with E-state index >= 15 is 0 Å². The molecule has 0 saturated carbocycles. The second kappa shape index (κ2) is 4.83. The smallest absolute Gasteiger partial charge is 0.354 e. The van der Waals surface area contributed by atoms with E-state index in [1.54, 1.807) is 12.1 Å². The lowest BCUT2D eigenvalue weighted by molar-refractivity contribution is 0.0690. The fourth-order valence-corrected chi connectivity index (χ4v) is 1.53. The second-order valence-electron chi connectivity index (χ2n) is 3.56. The van der Waals surface area contributed by atoms with Crippen molar-refractivity contribution in [3.8, 4) is 17.0 Å². The van der Waals surface area contributed by atoms with Gasteiger partial charge in [-0.3, -0.25) is 0 Å². The molecule has 0 radical (unpaired) electrons. The van der Waals surface area contributed by atoms with Gasteiger partial charge in [-0.15, -0.1) is 0 Å². The number of benzene rings is 1. The first-order valence-corrected chi connectivity index (χ1v) is 5.16. The minimum Gasteiger partial charge on any atom is -0.494 e. The van der Waals surface area contributed by atoms with Crippen LogP contribution < -0.4 is 4.74 Å². The molecule has 1 aromatic carbocycles. The van der Waals surface area contributed by atoms with Crippen LogP contribution in [0.25, 0.3) is 11.3 Å². The molecule has 2 rings (SSSR count). The molecule has 0 aliphatic carbocycles. The molecule has 0 spiro atoms. The average molecular weight is 247 g/mol. The Kier molecular flexibility index (Phi) is 3.23. The summed E-state index contributed by atoms with van der Waals surface area (Å²) < 4.78 is 18.1. The molecular formula is C13H10FNO3. The zero-order valence-electron chi connectivity index (χ0n) is 9.55. The molecule has 5 heteroatoms. The molecule has 2 aromatic rings. The van der Waals surface area contributed by atoms with Gasteiger partial charge in [-0.05, 0) is 30.3 Å². The van der Waals surface area contributed by atoms with Crippen LogP contribution in [0.15, 0.2) is 36.4 Å². The Morgan fingerprint density at radius 1 is 1.33 bits per heavy atom. The lowest BCUT2D eigenvalue weighted by Gasteiger charge is -2.06. The molecule has 4 nitrogen and oxygen atoms in total. The molecule has 0 unspecified atom stereocenters. The number of hydrogen-bond acceptors (Lipinski definition) is 3. The summed E-state index contributed by atoms with van der Waals surface area (Å²) in [5, 5.41) is 8.85. The van der Waals surface area contributed by atoms with Gasteiger partial charge in [-0.2, -0.15) is 0 Å². The minimum absolute atomic E-state index is 0.0595. The number of carboxylic acids is 1. The summed E-state index contributed by atoms with van der Waals surface area (Å²) in [5.74, 6) is -1.49. The third-order valence-corrected chi connectivity index (χ3v) is 2.42. The summed E-state index contributed by atoms with van der Waals surface area (Å²) in [6, 6.07) is 8.88. The van der Waals surface area contributed by atoms with Crippen LogP contribution in [0.1, 0.15) is 10.5 Å². The Bertz CT molecular complexity index is 599. The highest BCUT2D eigenvalue weighted by Gasteiger charge is 2.09. The van der Waals surface area contributed by atoms with Gasteiger partial charge in [0.1, 0.15) is 5.69 Å². The van der Waals surface area contributed by atoms with Gasteiger partial charge in [0.15, 0.2) is 11.6 Å². The number of aromatic carboxylic acids is 1. The van der Waals surface area contributed by atoms with Gasteiger partial charge in [0, 0.05) is 5.56 Å². The van der Waals surface area contributed by atoms with Crippen LogP contribution in [0, 0.1) is 5.82 Å². The van der Waals surface area contributed by atoms with E-state index in [4.69, 9.17) is 9.84 Å². The number of nitrogens with zero attached hydrogens (tertiary/aromatic N) is 1. The van der Waals surface area contributed by atoms with Gasteiger partial charge in [-0.1, -0.05) is 6.07 Å². The predicted octanol–water partition coefficient (Wildman–Crippen LogP) is 2.59. The van der Waals surface area contributed by atoms with Crippen LogP contribution >= 0.6 is 0 Å². The molecular weight excluding hydrogens is 237 g/mol. The van der Waals surface area contributed by atoms with Crippen LogP contribution in [0.4, 0.5) is 4.39 Å². The summed E-state index contributed by atoms with van der Waals surface area (Å²) in [7, 11) is 1.36. The highest BCUT2D eigenvalue weighted by molar-refractivity contribution is 5.86. The largest absolute Gasteiger partial charge is 0.494 e. The molecule has 1 heterocycles. The number of carbonyl (C=O) groups is 1. The van der Waals surface area contributed by atoms with Crippen molar-refractivity contribution >= 4 is 5.97 Å². The van der Waals surface area contributed by atoms with Crippen LogP contribution in [0.5, 0.6) is 5.75 Å². The molecule has 1 N–H and O–H groups in total. The van der Waals surface area contributed by atoms with E-state index in [-0.39, 0.29) is 11.4 Å². The van der Waals surface area contributed by atoms with E-state index in [2.05, 4.69) is 4.98 Å². The minimum atomic E-state index is -1.11. The van der Waals surface area contributed by atoms with Gasteiger partial charge in [-0.25, -0.2) is 14.2 Å². The maximum absolute atomic E-state index is 13.3. The summed E-state index contributed by atoms with van der Waals surface area (Å²) in [4.78, 5) is 14.8. The number of aromatic nitrogens is 1. The number of ether oxygens (including phenoxy) is 1. The van der Waals surface area contributed by atoms with E-state index in [1.165, 1.54) is 31.4 Å². The SMILES string of the molecule is COc1cc(-c2cccc(C(=O)O)n2)ccc1F. The van der Waals surface area contributed by atoms with E-state index in [0.29, 0.717) is 11.3 Å². The van der Waals surface area contributed by atoms with Crippen molar-refractivity contribution in [3.63, 3.8) is 0 Å². The lowest BCUT2D eigenvalue weighted by atomic mass is 10.1. The number of carboxylic acid groups (broad SMARTS) is 1. The van der Waals surface area contributed by atoms with Crippen molar-refractivity contribution < 1.29 is 19.0 Å². The van der Waals surface area contributed by atoms with Gasteiger partial charge in [0.05, 0.1) is 12.8 Å². The fraction of sp³-hybridized carbons (Fsp3) is 0.0769. The van der Waals surface area contributed by atoms with Crippen molar-refractivity contribution in [1.82, 2.24) is 4.98 Å². The highest BCUT2D eigenvalue weighted by atomic mass is 19.1. The van der Waals surface area contributed by atoms with Crippen molar-refractivity contribution in [3.05, 3.63) is 47.9 Å². The maximum Gasteiger partial charge on any atom is 0.354 e. The quantitative estimate of drug-likeness (QED) is 0.905.